The second kappa shape index (κ2) is 8.26. The molecule has 7 nitrogen and oxygen atoms in total. The largest absolute Gasteiger partial charge is 0.438 e. The molecule has 0 saturated carbocycles. The molecule has 3 aromatic heterocycles. The summed E-state index contributed by atoms with van der Waals surface area (Å²) in [7, 11) is 0. The highest BCUT2D eigenvalue weighted by Gasteiger charge is 2.17. The Morgan fingerprint density at radius 2 is 1.91 bits per heavy atom. The molecule has 0 fully saturated rings. The fourth-order valence-corrected chi connectivity index (χ4v) is 3.61. The summed E-state index contributed by atoms with van der Waals surface area (Å²) in [6.07, 6.45) is 3.08. The van der Waals surface area contributed by atoms with Crippen LogP contribution in [-0.4, -0.2) is 19.4 Å². The van der Waals surface area contributed by atoms with Gasteiger partial charge in [-0.1, -0.05) is 29.8 Å². The number of benzene rings is 2. The van der Waals surface area contributed by atoms with Gasteiger partial charge in [-0.05, 0) is 61.0 Å². The van der Waals surface area contributed by atoms with Crippen molar-refractivity contribution in [3.63, 3.8) is 0 Å². The minimum atomic E-state index is -0.364. The lowest BCUT2D eigenvalue weighted by Gasteiger charge is -2.11. The average Bonchev–Trinajstić information content (AvgIpc) is 3.25. The van der Waals surface area contributed by atoms with Crippen LogP contribution in [0.4, 0.5) is 0 Å². The number of aromatic amines is 1. The van der Waals surface area contributed by atoms with Gasteiger partial charge in [0, 0.05) is 11.2 Å². The van der Waals surface area contributed by atoms with Crippen LogP contribution in [0.1, 0.15) is 17.0 Å². The van der Waals surface area contributed by atoms with Gasteiger partial charge < -0.3 is 9.72 Å². The van der Waals surface area contributed by atoms with E-state index in [1.54, 1.807) is 36.5 Å². The fraction of sp³-hybridized carbons (Fsp3) is 0.0400. The van der Waals surface area contributed by atoms with Crippen molar-refractivity contribution >= 4 is 39.9 Å². The van der Waals surface area contributed by atoms with Crippen LogP contribution in [-0.2, 0) is 0 Å². The van der Waals surface area contributed by atoms with Crippen molar-refractivity contribution in [3.05, 3.63) is 99.2 Å². The number of allylic oxidation sites excluding steroid dienone is 1. The minimum Gasteiger partial charge on any atom is -0.438 e. The van der Waals surface area contributed by atoms with Crippen LogP contribution in [0.15, 0.2) is 71.7 Å². The number of nitriles is 1. The van der Waals surface area contributed by atoms with Crippen molar-refractivity contribution in [2.75, 3.05) is 0 Å². The molecule has 3 heterocycles. The minimum absolute atomic E-state index is 0.0838. The Balaban J connectivity index is 1.72. The summed E-state index contributed by atoms with van der Waals surface area (Å²) in [6, 6.07) is 19.9. The molecule has 0 atom stereocenters. The number of ether oxygens (including phenoxy) is 1. The molecule has 2 aromatic carbocycles. The molecule has 0 spiro atoms. The molecule has 0 radical (unpaired) electrons. The summed E-state index contributed by atoms with van der Waals surface area (Å²) < 4.78 is 7.41. The average molecular weight is 454 g/mol. The summed E-state index contributed by atoms with van der Waals surface area (Å²) in [4.78, 5) is 25.6. The zero-order valence-electron chi connectivity index (χ0n) is 17.4. The zero-order chi connectivity index (χ0) is 22.9. The molecule has 8 heteroatoms. The van der Waals surface area contributed by atoms with Crippen molar-refractivity contribution in [3.8, 4) is 17.7 Å². The predicted octanol–water partition coefficient (Wildman–Crippen LogP) is 5.39. The summed E-state index contributed by atoms with van der Waals surface area (Å²) in [5.41, 5.74) is 2.72. The van der Waals surface area contributed by atoms with E-state index in [1.165, 1.54) is 10.5 Å². The highest BCUT2D eigenvalue weighted by atomic mass is 35.5. The van der Waals surface area contributed by atoms with Gasteiger partial charge in [-0.3, -0.25) is 9.20 Å². The SMILES string of the molecule is Cc1cccn2c(=O)c(/C=C(\C#N)c3nc4ccccc4[nH]3)c(Oc3ccc(Cl)cc3)nc12. The Kier molecular flexibility index (Phi) is 5.13. The van der Waals surface area contributed by atoms with Crippen molar-refractivity contribution in [1.82, 2.24) is 19.4 Å². The number of nitrogens with zero attached hydrogens (tertiary/aromatic N) is 4. The molecular weight excluding hydrogens is 438 g/mol. The van der Waals surface area contributed by atoms with Crippen molar-refractivity contribution in [1.29, 1.82) is 5.26 Å². The molecule has 5 aromatic rings. The molecule has 0 aliphatic rings. The molecule has 0 aliphatic carbocycles. The lowest BCUT2D eigenvalue weighted by molar-refractivity contribution is 0.461. The van der Waals surface area contributed by atoms with E-state index >= 15 is 0 Å². The van der Waals surface area contributed by atoms with Gasteiger partial charge in [-0.25, -0.2) is 4.98 Å². The second-order valence-electron chi connectivity index (χ2n) is 7.35. The number of fused-ring (bicyclic) bond motifs is 2. The first-order valence-corrected chi connectivity index (χ1v) is 10.4. The number of hydrogen-bond donors (Lipinski definition) is 1. The third-order valence-corrected chi connectivity index (χ3v) is 5.38. The van der Waals surface area contributed by atoms with Crippen LogP contribution in [0.2, 0.25) is 5.02 Å². The summed E-state index contributed by atoms with van der Waals surface area (Å²) in [6.45, 7) is 1.86. The monoisotopic (exact) mass is 453 g/mol. The highest BCUT2D eigenvalue weighted by molar-refractivity contribution is 6.30. The fourth-order valence-electron chi connectivity index (χ4n) is 3.49. The molecule has 0 amide bonds. The van der Waals surface area contributed by atoms with Gasteiger partial charge in [0.1, 0.15) is 28.9 Å². The number of hydrogen-bond acceptors (Lipinski definition) is 5. The first-order chi connectivity index (χ1) is 16.0. The van der Waals surface area contributed by atoms with Crippen molar-refractivity contribution in [2.24, 2.45) is 0 Å². The highest BCUT2D eigenvalue weighted by Crippen LogP contribution is 2.27. The summed E-state index contributed by atoms with van der Waals surface area (Å²) in [5, 5.41) is 10.4. The van der Waals surface area contributed by atoms with Gasteiger partial charge in [0.2, 0.25) is 5.88 Å². The van der Waals surface area contributed by atoms with E-state index in [-0.39, 0.29) is 22.6 Å². The van der Waals surface area contributed by atoms with Crippen molar-refractivity contribution < 1.29 is 4.74 Å². The third kappa shape index (κ3) is 3.84. The van der Waals surface area contributed by atoms with Crippen LogP contribution in [0.5, 0.6) is 11.6 Å². The summed E-state index contributed by atoms with van der Waals surface area (Å²) in [5.74, 6) is 0.895. The molecule has 0 aliphatic heterocycles. The van der Waals surface area contributed by atoms with Crippen LogP contribution >= 0.6 is 11.6 Å². The number of H-pyrrole nitrogens is 1. The van der Waals surface area contributed by atoms with Gasteiger partial charge in [-0.15, -0.1) is 0 Å². The van der Waals surface area contributed by atoms with E-state index in [0.717, 1.165) is 16.6 Å². The predicted molar refractivity (Wildman–Crippen MR) is 127 cm³/mol. The van der Waals surface area contributed by atoms with E-state index in [0.29, 0.717) is 22.2 Å². The quantitative estimate of drug-likeness (QED) is 0.368. The standard InChI is InChI=1S/C25H16ClN5O2/c1-15-5-4-12-31-23(15)30-24(33-18-10-8-17(26)9-11-18)19(25(31)32)13-16(14-27)22-28-20-6-2-3-7-21(20)29-22/h2-13H,1H3,(H,28,29)/b16-13+. The maximum atomic E-state index is 13.4. The van der Waals surface area contributed by atoms with E-state index in [4.69, 9.17) is 16.3 Å². The van der Waals surface area contributed by atoms with E-state index < -0.39 is 0 Å². The number of nitrogens with one attached hydrogen (secondary N) is 1. The molecule has 0 unspecified atom stereocenters. The van der Waals surface area contributed by atoms with Gasteiger partial charge in [-0.2, -0.15) is 10.2 Å². The summed E-state index contributed by atoms with van der Waals surface area (Å²) >= 11 is 5.98. The van der Waals surface area contributed by atoms with E-state index in [2.05, 4.69) is 21.0 Å². The number of aryl methyl sites for hydroxylation is 1. The maximum absolute atomic E-state index is 13.4. The Hall–Kier alpha value is -4.41. The van der Waals surface area contributed by atoms with Gasteiger partial charge in [0.15, 0.2) is 0 Å². The number of halogens is 1. The molecule has 160 valence electrons. The van der Waals surface area contributed by atoms with Crippen LogP contribution < -0.4 is 10.3 Å². The number of pyridine rings is 1. The van der Waals surface area contributed by atoms with Crippen LogP contribution in [0.25, 0.3) is 28.3 Å². The molecule has 0 bridgehead atoms. The molecule has 1 N–H and O–H groups in total. The zero-order valence-corrected chi connectivity index (χ0v) is 18.2. The van der Waals surface area contributed by atoms with Crippen LogP contribution in [0.3, 0.4) is 0 Å². The third-order valence-electron chi connectivity index (χ3n) is 5.13. The normalized spacial score (nSPS) is 11.6. The van der Waals surface area contributed by atoms with E-state index in [9.17, 15) is 10.1 Å². The maximum Gasteiger partial charge on any atom is 0.269 e. The van der Waals surface area contributed by atoms with E-state index in [1.807, 2.05) is 37.3 Å². The van der Waals surface area contributed by atoms with Gasteiger partial charge >= 0.3 is 0 Å². The Morgan fingerprint density at radius 1 is 1.12 bits per heavy atom. The lowest BCUT2D eigenvalue weighted by Crippen LogP contribution is -2.19. The lowest BCUT2D eigenvalue weighted by atomic mass is 10.1. The number of aromatic nitrogens is 4. The molecule has 5 rings (SSSR count). The Labute approximate surface area is 193 Å². The first kappa shape index (κ1) is 20.5. The number of para-hydroxylation sites is 2. The topological polar surface area (TPSA) is 96.1 Å². The Morgan fingerprint density at radius 3 is 2.67 bits per heavy atom. The Bertz CT molecular complexity index is 1610. The number of imidazole rings is 1. The van der Waals surface area contributed by atoms with Crippen LogP contribution in [0, 0.1) is 18.3 Å². The van der Waals surface area contributed by atoms with Crippen molar-refractivity contribution in [2.45, 2.75) is 6.92 Å². The second-order valence-corrected chi connectivity index (χ2v) is 7.79. The smallest absolute Gasteiger partial charge is 0.269 e. The molecule has 33 heavy (non-hydrogen) atoms. The first-order valence-electron chi connectivity index (χ1n) is 10.1. The van der Waals surface area contributed by atoms with Gasteiger partial charge in [0.25, 0.3) is 5.56 Å². The number of rotatable bonds is 4. The molecule has 0 saturated heterocycles. The van der Waals surface area contributed by atoms with Gasteiger partial charge in [0.05, 0.1) is 16.6 Å². The molecular formula is C25H16ClN5O2.